The van der Waals surface area contributed by atoms with Crippen molar-refractivity contribution in [2.45, 2.75) is 0 Å². The van der Waals surface area contributed by atoms with Crippen molar-refractivity contribution in [3.63, 3.8) is 0 Å². The smallest absolute Gasteiger partial charge is 1.00 e. The summed E-state index contributed by atoms with van der Waals surface area (Å²) >= 11 is 1.01. The van der Waals surface area contributed by atoms with Crippen molar-refractivity contribution in [3.8, 4) is 0 Å². The molecule has 0 aromatic heterocycles. The maximum Gasteiger partial charge on any atom is 1.00 e. The molecule has 0 atom stereocenters. The summed E-state index contributed by atoms with van der Waals surface area (Å²) in [6, 6.07) is 0. The maximum atomic E-state index is 10.1. The second kappa shape index (κ2) is 3.50. The van der Waals surface area contributed by atoms with E-state index in [0.717, 1.165) is 11.8 Å². The first-order valence-corrected chi connectivity index (χ1v) is 2.74. The summed E-state index contributed by atoms with van der Waals surface area (Å²) in [5.74, 6) is 0.105. The molecular weight excluding hydrogens is 137 g/mol. The molecule has 1 aliphatic rings. The second-order valence-corrected chi connectivity index (χ2v) is 2.07. The van der Waals surface area contributed by atoms with Gasteiger partial charge < -0.3 is 1.43 Å². The number of rotatable bonds is 0. The fourth-order valence-electron chi connectivity index (χ4n) is 0.317. The van der Waals surface area contributed by atoms with Gasteiger partial charge in [0.15, 0.2) is 0 Å². The van der Waals surface area contributed by atoms with Crippen LogP contribution in [0.15, 0.2) is 0 Å². The van der Waals surface area contributed by atoms with Gasteiger partial charge in [-0.25, -0.2) is 0 Å². The van der Waals surface area contributed by atoms with E-state index in [-0.39, 0.29) is 42.1 Å². The molecule has 5 heteroatoms. The van der Waals surface area contributed by atoms with Gasteiger partial charge in [0.2, 0.25) is 5.91 Å². The minimum absolute atomic E-state index is 0. The molecule has 1 saturated heterocycles. The third kappa shape index (κ3) is 2.17. The number of amides is 2. The average molecular weight is 141 g/mol. The van der Waals surface area contributed by atoms with Crippen LogP contribution in [0.2, 0.25) is 0 Å². The van der Waals surface area contributed by atoms with Crippen LogP contribution in [0.1, 0.15) is 1.43 Å². The van der Waals surface area contributed by atoms with Crippen molar-refractivity contribution in [2.24, 2.45) is 0 Å². The van der Waals surface area contributed by atoms with Crippen molar-refractivity contribution in [1.82, 2.24) is 5.32 Å². The molecule has 0 unspecified atom stereocenters. The SMILES string of the molecule is O=C1CSC(=O)N1.[H-].[Na+]. The van der Waals surface area contributed by atoms with E-state index in [0.29, 0.717) is 5.75 Å². The van der Waals surface area contributed by atoms with Crippen molar-refractivity contribution in [3.05, 3.63) is 0 Å². The van der Waals surface area contributed by atoms with E-state index >= 15 is 0 Å². The fraction of sp³-hybridized carbons (Fsp3) is 0.333. The molecule has 0 bridgehead atoms. The first-order chi connectivity index (χ1) is 3.29. The van der Waals surface area contributed by atoms with E-state index < -0.39 is 0 Å². The van der Waals surface area contributed by atoms with Crippen LogP contribution in [0, 0.1) is 0 Å². The van der Waals surface area contributed by atoms with Gasteiger partial charge in [-0.05, 0) is 0 Å². The van der Waals surface area contributed by atoms with E-state index in [2.05, 4.69) is 5.32 Å². The van der Waals surface area contributed by atoms with Crippen LogP contribution in [0.4, 0.5) is 4.79 Å². The number of hydrogen-bond acceptors (Lipinski definition) is 3. The number of nitrogens with one attached hydrogen (secondary N) is 1. The van der Waals surface area contributed by atoms with Crippen LogP contribution in [0.3, 0.4) is 0 Å². The molecule has 0 radical (unpaired) electrons. The Morgan fingerprint density at radius 3 is 2.38 bits per heavy atom. The first-order valence-electron chi connectivity index (χ1n) is 1.75. The van der Waals surface area contributed by atoms with Crippen LogP contribution in [-0.4, -0.2) is 16.9 Å². The Hall–Kier alpha value is 0.490. The molecule has 0 saturated carbocycles. The Morgan fingerprint density at radius 1 is 1.62 bits per heavy atom. The number of hydrogen-bond donors (Lipinski definition) is 1. The van der Waals surface area contributed by atoms with Crippen molar-refractivity contribution in [2.75, 3.05) is 5.75 Å². The van der Waals surface area contributed by atoms with E-state index in [9.17, 15) is 9.59 Å². The molecule has 40 valence electrons. The van der Waals surface area contributed by atoms with Crippen molar-refractivity contribution < 1.29 is 40.6 Å². The average Bonchev–Trinajstić information content (AvgIpc) is 1.87. The Balaban J connectivity index is 0. The van der Waals surface area contributed by atoms with Crippen LogP contribution in [0.5, 0.6) is 0 Å². The molecular formula is C3H4NNaO2S. The molecule has 1 rings (SSSR count). The normalized spacial score (nSPS) is 17.5. The minimum atomic E-state index is -0.231. The van der Waals surface area contributed by atoms with Gasteiger partial charge >= 0.3 is 29.6 Å². The predicted octanol–water partition coefficient (Wildman–Crippen LogP) is -2.91. The van der Waals surface area contributed by atoms with Gasteiger partial charge in [-0.15, -0.1) is 0 Å². The minimum Gasteiger partial charge on any atom is -1.00 e. The number of imide groups is 1. The molecule has 1 aliphatic heterocycles. The number of carbonyl (C=O) groups is 2. The summed E-state index contributed by atoms with van der Waals surface area (Å²) in [6.07, 6.45) is 0. The quantitative estimate of drug-likeness (QED) is 0.368. The Bertz CT molecular complexity index is 117. The monoisotopic (exact) mass is 141 g/mol. The van der Waals surface area contributed by atoms with Crippen molar-refractivity contribution >= 4 is 22.9 Å². The summed E-state index contributed by atoms with van der Waals surface area (Å²) in [5.41, 5.74) is 0. The zero-order valence-corrected chi connectivity index (χ0v) is 7.25. The Labute approximate surface area is 74.4 Å². The molecule has 3 nitrogen and oxygen atoms in total. The van der Waals surface area contributed by atoms with Gasteiger partial charge in [0.25, 0.3) is 5.24 Å². The number of carbonyl (C=O) groups excluding carboxylic acids is 2. The van der Waals surface area contributed by atoms with E-state index in [1.165, 1.54) is 0 Å². The molecule has 8 heavy (non-hydrogen) atoms. The van der Waals surface area contributed by atoms with Gasteiger partial charge in [0.05, 0.1) is 5.75 Å². The zero-order chi connectivity index (χ0) is 5.28. The molecule has 2 amide bonds. The first kappa shape index (κ1) is 8.49. The maximum absolute atomic E-state index is 10.1. The van der Waals surface area contributed by atoms with Gasteiger partial charge in [0, 0.05) is 0 Å². The van der Waals surface area contributed by atoms with E-state index in [4.69, 9.17) is 0 Å². The second-order valence-electron chi connectivity index (χ2n) is 1.12. The summed E-state index contributed by atoms with van der Waals surface area (Å²) < 4.78 is 0. The third-order valence-corrected chi connectivity index (χ3v) is 1.35. The van der Waals surface area contributed by atoms with E-state index in [1.54, 1.807) is 0 Å². The van der Waals surface area contributed by atoms with Gasteiger partial charge in [-0.2, -0.15) is 0 Å². The standard InChI is InChI=1S/C3H3NO2S.Na.H/c5-2-1-7-3(6)4-2;;/h1H2,(H,4,5,6);;/q;+1;-1. The van der Waals surface area contributed by atoms with Gasteiger partial charge in [-0.3, -0.25) is 14.9 Å². The molecule has 0 aromatic carbocycles. The Kier molecular flexibility index (Phi) is 3.72. The number of thioether (sulfide) groups is 1. The zero-order valence-electron chi connectivity index (χ0n) is 5.43. The molecule has 0 aromatic rings. The largest absolute Gasteiger partial charge is 1.00 e. The summed E-state index contributed by atoms with van der Waals surface area (Å²) in [6.45, 7) is 0. The molecule has 1 heterocycles. The Morgan fingerprint density at radius 2 is 2.25 bits per heavy atom. The van der Waals surface area contributed by atoms with Crippen LogP contribution in [0.25, 0.3) is 0 Å². The van der Waals surface area contributed by atoms with Gasteiger partial charge in [-0.1, -0.05) is 11.8 Å². The molecule has 0 spiro atoms. The van der Waals surface area contributed by atoms with E-state index in [1.807, 2.05) is 0 Å². The van der Waals surface area contributed by atoms with Gasteiger partial charge in [0.1, 0.15) is 0 Å². The molecule has 0 aliphatic carbocycles. The summed E-state index contributed by atoms with van der Waals surface area (Å²) in [5, 5.41) is 1.87. The third-order valence-electron chi connectivity index (χ3n) is 0.576. The predicted molar refractivity (Wildman–Crippen MR) is 27.1 cm³/mol. The van der Waals surface area contributed by atoms with Crippen LogP contribution in [-0.2, 0) is 4.79 Å². The summed E-state index contributed by atoms with van der Waals surface area (Å²) in [7, 11) is 0. The van der Waals surface area contributed by atoms with Crippen LogP contribution >= 0.6 is 11.8 Å². The molecule has 1 fully saturated rings. The molecule has 1 N–H and O–H groups in total. The van der Waals surface area contributed by atoms with Crippen LogP contribution < -0.4 is 34.9 Å². The van der Waals surface area contributed by atoms with Crippen molar-refractivity contribution in [1.29, 1.82) is 0 Å². The topological polar surface area (TPSA) is 46.2 Å². The summed E-state index contributed by atoms with van der Waals surface area (Å²) in [4.78, 5) is 20.2. The fourth-order valence-corrected chi connectivity index (χ4v) is 0.837.